The predicted molar refractivity (Wildman–Crippen MR) is 90.6 cm³/mol. The van der Waals surface area contributed by atoms with Gasteiger partial charge in [0.2, 0.25) is 0 Å². The van der Waals surface area contributed by atoms with Crippen LogP contribution in [0.2, 0.25) is 0 Å². The summed E-state index contributed by atoms with van der Waals surface area (Å²) >= 11 is 0. The van der Waals surface area contributed by atoms with Crippen LogP contribution in [0, 0.1) is 25.2 Å². The summed E-state index contributed by atoms with van der Waals surface area (Å²) < 4.78 is 0. The molecule has 7 heteroatoms. The second kappa shape index (κ2) is 6.93. The summed E-state index contributed by atoms with van der Waals surface area (Å²) in [6.45, 7) is 3.49. The van der Waals surface area contributed by atoms with E-state index >= 15 is 0 Å². The fourth-order valence-electron chi connectivity index (χ4n) is 2.44. The molecule has 0 radical (unpaired) electrons. The molecule has 0 spiro atoms. The summed E-state index contributed by atoms with van der Waals surface area (Å²) in [5.41, 5.74) is 2.06. The highest BCUT2D eigenvalue weighted by atomic mass is 16.1. The second-order valence-corrected chi connectivity index (χ2v) is 5.54. The molecule has 0 aliphatic rings. The van der Waals surface area contributed by atoms with E-state index in [0.29, 0.717) is 22.9 Å². The molecule has 0 saturated heterocycles. The van der Waals surface area contributed by atoms with Crippen LogP contribution in [0.5, 0.6) is 0 Å². The molecule has 25 heavy (non-hydrogen) atoms. The number of pyridine rings is 1. The van der Waals surface area contributed by atoms with E-state index in [1.165, 1.54) is 6.07 Å². The Kier molecular flexibility index (Phi) is 4.53. The highest BCUT2D eigenvalue weighted by Crippen LogP contribution is 2.19. The van der Waals surface area contributed by atoms with Crippen molar-refractivity contribution >= 4 is 5.91 Å². The first-order valence-electron chi connectivity index (χ1n) is 7.71. The van der Waals surface area contributed by atoms with Crippen LogP contribution >= 0.6 is 0 Å². The van der Waals surface area contributed by atoms with E-state index in [9.17, 15) is 4.79 Å². The lowest BCUT2D eigenvalue weighted by Gasteiger charge is -2.16. The van der Waals surface area contributed by atoms with Crippen LogP contribution in [0.1, 0.15) is 45.0 Å². The number of hydrogen-bond acceptors (Lipinski definition) is 5. The predicted octanol–water partition coefficient (Wildman–Crippen LogP) is 2.21. The van der Waals surface area contributed by atoms with Crippen LogP contribution < -0.4 is 5.32 Å². The standard InChI is InChI=1S/C18H16N6O/c1-11-14(10-19)8-9-15(20-11)18(25)22-16(13-6-4-3-5-7-13)17-21-12(2)23-24-17/h3-9,16H,1-2H3,(H,22,25)(H,21,23,24). The number of aromatic nitrogens is 4. The van der Waals surface area contributed by atoms with Gasteiger partial charge in [-0.15, -0.1) is 0 Å². The van der Waals surface area contributed by atoms with Crippen molar-refractivity contribution in [2.45, 2.75) is 19.9 Å². The van der Waals surface area contributed by atoms with E-state index in [4.69, 9.17) is 5.26 Å². The molecule has 0 aliphatic heterocycles. The van der Waals surface area contributed by atoms with E-state index in [1.807, 2.05) is 36.4 Å². The van der Waals surface area contributed by atoms with E-state index in [2.05, 4.69) is 25.5 Å². The van der Waals surface area contributed by atoms with Crippen molar-refractivity contribution < 1.29 is 4.79 Å². The van der Waals surface area contributed by atoms with Gasteiger partial charge in [-0.1, -0.05) is 30.3 Å². The van der Waals surface area contributed by atoms with Gasteiger partial charge in [0.05, 0.1) is 11.3 Å². The summed E-state index contributed by atoms with van der Waals surface area (Å²) in [5.74, 6) is 0.781. The summed E-state index contributed by atoms with van der Waals surface area (Å²) in [7, 11) is 0. The molecule has 1 aromatic carbocycles. The van der Waals surface area contributed by atoms with Crippen LogP contribution in [-0.2, 0) is 0 Å². The fraction of sp³-hybridized carbons (Fsp3) is 0.167. The highest BCUT2D eigenvalue weighted by molar-refractivity contribution is 5.92. The Morgan fingerprint density at radius 1 is 1.16 bits per heavy atom. The Hall–Kier alpha value is -3.53. The maximum Gasteiger partial charge on any atom is 0.270 e. The molecule has 1 unspecified atom stereocenters. The number of hydrogen-bond donors (Lipinski definition) is 2. The molecule has 3 rings (SSSR count). The third-order valence-corrected chi connectivity index (χ3v) is 3.72. The van der Waals surface area contributed by atoms with Gasteiger partial charge < -0.3 is 5.32 Å². The number of aromatic amines is 1. The summed E-state index contributed by atoms with van der Waals surface area (Å²) in [6, 6.07) is 14.1. The zero-order chi connectivity index (χ0) is 17.8. The first kappa shape index (κ1) is 16.3. The highest BCUT2D eigenvalue weighted by Gasteiger charge is 2.22. The Balaban J connectivity index is 1.91. The minimum absolute atomic E-state index is 0.240. The van der Waals surface area contributed by atoms with Crippen LogP contribution in [0.15, 0.2) is 42.5 Å². The number of benzene rings is 1. The average Bonchev–Trinajstić information content (AvgIpc) is 3.06. The number of amides is 1. The molecule has 2 N–H and O–H groups in total. The quantitative estimate of drug-likeness (QED) is 0.761. The Labute approximate surface area is 144 Å². The number of aryl methyl sites for hydroxylation is 2. The molecule has 3 aromatic rings. The smallest absolute Gasteiger partial charge is 0.270 e. The van der Waals surface area contributed by atoms with E-state index in [-0.39, 0.29) is 11.6 Å². The van der Waals surface area contributed by atoms with Crippen molar-refractivity contribution in [2.24, 2.45) is 0 Å². The van der Waals surface area contributed by atoms with E-state index in [1.54, 1.807) is 19.9 Å². The fourth-order valence-corrected chi connectivity index (χ4v) is 2.44. The molecule has 0 saturated carbocycles. The molecule has 0 aliphatic carbocycles. The number of carbonyl (C=O) groups excluding carboxylic acids is 1. The molecule has 124 valence electrons. The molecule has 1 atom stereocenters. The van der Waals surface area contributed by atoms with Gasteiger partial charge in [-0.25, -0.2) is 9.97 Å². The second-order valence-electron chi connectivity index (χ2n) is 5.54. The molecule has 1 amide bonds. The normalized spacial score (nSPS) is 11.6. The topological polar surface area (TPSA) is 107 Å². The largest absolute Gasteiger partial charge is 0.337 e. The average molecular weight is 332 g/mol. The lowest BCUT2D eigenvalue weighted by Crippen LogP contribution is -2.31. The number of nitrogens with zero attached hydrogens (tertiary/aromatic N) is 4. The third kappa shape index (κ3) is 3.53. The van der Waals surface area contributed by atoms with Gasteiger partial charge in [0, 0.05) is 0 Å². The van der Waals surface area contributed by atoms with Gasteiger partial charge in [0.15, 0.2) is 5.82 Å². The van der Waals surface area contributed by atoms with E-state index < -0.39 is 6.04 Å². The van der Waals surface area contributed by atoms with Gasteiger partial charge in [0.1, 0.15) is 23.6 Å². The summed E-state index contributed by atoms with van der Waals surface area (Å²) in [5, 5.41) is 18.9. The van der Waals surface area contributed by atoms with Crippen LogP contribution in [0.3, 0.4) is 0 Å². The van der Waals surface area contributed by atoms with Crippen molar-refractivity contribution in [3.05, 3.63) is 76.6 Å². The zero-order valence-corrected chi connectivity index (χ0v) is 13.8. The van der Waals surface area contributed by atoms with Gasteiger partial charge in [-0.3, -0.25) is 9.89 Å². The van der Waals surface area contributed by atoms with Crippen LogP contribution in [0.4, 0.5) is 0 Å². The molecule has 2 heterocycles. The minimum atomic E-state index is -0.503. The molecule has 0 bridgehead atoms. The Morgan fingerprint density at radius 3 is 2.52 bits per heavy atom. The lowest BCUT2D eigenvalue weighted by atomic mass is 10.1. The summed E-state index contributed by atoms with van der Waals surface area (Å²) in [4.78, 5) is 21.2. The molecule has 7 nitrogen and oxygen atoms in total. The van der Waals surface area contributed by atoms with Crippen molar-refractivity contribution in [3.63, 3.8) is 0 Å². The summed E-state index contributed by atoms with van der Waals surface area (Å²) in [6.07, 6.45) is 0. The van der Waals surface area contributed by atoms with E-state index in [0.717, 1.165) is 5.56 Å². The van der Waals surface area contributed by atoms with Gasteiger partial charge in [-0.05, 0) is 31.5 Å². The zero-order valence-electron chi connectivity index (χ0n) is 13.8. The lowest BCUT2D eigenvalue weighted by molar-refractivity contribution is 0.0936. The maximum atomic E-state index is 12.6. The van der Waals surface area contributed by atoms with Crippen LogP contribution in [-0.4, -0.2) is 26.1 Å². The number of H-pyrrole nitrogens is 1. The van der Waals surface area contributed by atoms with Crippen molar-refractivity contribution in [3.8, 4) is 6.07 Å². The monoisotopic (exact) mass is 332 g/mol. The minimum Gasteiger partial charge on any atom is -0.337 e. The van der Waals surface area contributed by atoms with Crippen molar-refractivity contribution in [1.29, 1.82) is 5.26 Å². The van der Waals surface area contributed by atoms with Gasteiger partial charge in [-0.2, -0.15) is 10.4 Å². The Bertz CT molecular complexity index is 942. The SMILES string of the molecule is Cc1nc(C(NC(=O)c2ccc(C#N)c(C)n2)c2ccccc2)n[nH]1. The third-order valence-electron chi connectivity index (χ3n) is 3.72. The number of nitriles is 1. The van der Waals surface area contributed by atoms with Crippen LogP contribution in [0.25, 0.3) is 0 Å². The molecular weight excluding hydrogens is 316 g/mol. The maximum absolute atomic E-state index is 12.6. The molecule has 0 fully saturated rings. The van der Waals surface area contributed by atoms with Gasteiger partial charge in [0.25, 0.3) is 5.91 Å². The number of nitrogens with one attached hydrogen (secondary N) is 2. The number of carbonyl (C=O) groups is 1. The van der Waals surface area contributed by atoms with Crippen molar-refractivity contribution in [1.82, 2.24) is 25.5 Å². The molecular formula is C18H16N6O. The number of rotatable bonds is 4. The Morgan fingerprint density at radius 2 is 1.92 bits per heavy atom. The van der Waals surface area contributed by atoms with Gasteiger partial charge >= 0.3 is 0 Å². The van der Waals surface area contributed by atoms with Crippen molar-refractivity contribution in [2.75, 3.05) is 0 Å². The molecule has 2 aromatic heterocycles. The first-order valence-corrected chi connectivity index (χ1v) is 7.71. The first-order chi connectivity index (χ1) is 12.1.